The van der Waals surface area contributed by atoms with E-state index < -0.39 is 11.9 Å². The molecule has 1 heterocycles. The first-order valence-electron chi connectivity index (χ1n) is 11.5. The maximum absolute atomic E-state index is 13.1. The van der Waals surface area contributed by atoms with Gasteiger partial charge in [0, 0.05) is 26.1 Å². The fourth-order valence-electron chi connectivity index (χ4n) is 3.94. The molecule has 9 nitrogen and oxygen atoms in total. The van der Waals surface area contributed by atoms with Crippen molar-refractivity contribution in [2.45, 2.75) is 25.8 Å². The van der Waals surface area contributed by atoms with Gasteiger partial charge in [-0.2, -0.15) is 0 Å². The number of carbonyl (C=O) groups is 3. The maximum atomic E-state index is 13.1. The second-order valence-electron chi connectivity index (χ2n) is 8.49. The third kappa shape index (κ3) is 8.84. The molecule has 3 rings (SSSR count). The number of likely N-dealkylation sites (N-methyl/N-ethyl adjacent to an activating group) is 1. The number of methoxy groups -OCH3 is 2. The molecule has 10 heteroatoms. The van der Waals surface area contributed by atoms with Gasteiger partial charge in [-0.25, -0.2) is 14.0 Å². The Hall–Kier alpha value is -3.66. The number of carbonyl (C=O) groups excluding carboxylic acids is 1. The Morgan fingerprint density at radius 3 is 2.03 bits per heavy atom. The van der Waals surface area contributed by atoms with E-state index in [0.29, 0.717) is 18.0 Å². The van der Waals surface area contributed by atoms with Crippen LogP contribution in [0.4, 0.5) is 4.39 Å². The third-order valence-corrected chi connectivity index (χ3v) is 6.00. The number of likely N-dealkylation sites (tertiary alicyclic amines) is 1. The average Bonchev–Trinajstić information content (AvgIpc) is 2.88. The van der Waals surface area contributed by atoms with Crippen LogP contribution in [0.5, 0.6) is 11.5 Å². The lowest BCUT2D eigenvalue weighted by Crippen LogP contribution is -2.41. The van der Waals surface area contributed by atoms with Crippen molar-refractivity contribution in [2.24, 2.45) is 5.92 Å². The lowest BCUT2D eigenvalue weighted by Gasteiger charge is -2.33. The van der Waals surface area contributed by atoms with Gasteiger partial charge in [0.25, 0.3) is 0 Å². The van der Waals surface area contributed by atoms with E-state index in [1.165, 1.54) is 12.1 Å². The molecule has 0 atom stereocenters. The molecule has 0 unspecified atom stereocenters. The third-order valence-electron chi connectivity index (χ3n) is 6.00. The Balaban J connectivity index is 0.000000678. The van der Waals surface area contributed by atoms with Crippen molar-refractivity contribution in [3.05, 3.63) is 59.4 Å². The van der Waals surface area contributed by atoms with Gasteiger partial charge in [-0.1, -0.05) is 18.2 Å². The lowest BCUT2D eigenvalue weighted by molar-refractivity contribution is -0.159. The van der Waals surface area contributed by atoms with E-state index in [1.54, 1.807) is 14.2 Å². The topological polar surface area (TPSA) is 117 Å². The first kappa shape index (κ1) is 28.6. The van der Waals surface area contributed by atoms with Gasteiger partial charge in [-0.05, 0) is 67.7 Å². The number of carboxylic acids is 2. The largest absolute Gasteiger partial charge is 0.493 e. The summed E-state index contributed by atoms with van der Waals surface area (Å²) in [5.41, 5.74) is 2.22. The average molecular weight is 505 g/mol. The highest BCUT2D eigenvalue weighted by Gasteiger charge is 2.27. The minimum atomic E-state index is -1.82. The van der Waals surface area contributed by atoms with Crippen molar-refractivity contribution in [3.63, 3.8) is 0 Å². The van der Waals surface area contributed by atoms with E-state index in [0.717, 1.165) is 50.0 Å². The number of carboxylic acid groups (broad SMARTS) is 2. The van der Waals surface area contributed by atoms with Crippen molar-refractivity contribution >= 4 is 17.8 Å². The zero-order valence-corrected chi connectivity index (χ0v) is 20.8. The van der Waals surface area contributed by atoms with E-state index in [4.69, 9.17) is 29.3 Å². The van der Waals surface area contributed by atoms with Crippen LogP contribution >= 0.6 is 0 Å². The minimum Gasteiger partial charge on any atom is -0.493 e. The highest BCUT2D eigenvalue weighted by atomic mass is 19.1. The highest BCUT2D eigenvalue weighted by Crippen LogP contribution is 2.28. The molecule has 2 aromatic carbocycles. The van der Waals surface area contributed by atoms with Gasteiger partial charge in [0.1, 0.15) is 5.82 Å². The van der Waals surface area contributed by atoms with Crippen LogP contribution in [0.15, 0.2) is 42.5 Å². The summed E-state index contributed by atoms with van der Waals surface area (Å²) in [6.45, 7) is 3.25. The number of amides is 1. The van der Waals surface area contributed by atoms with Crippen molar-refractivity contribution in [2.75, 3.05) is 40.9 Å². The van der Waals surface area contributed by atoms with Crippen molar-refractivity contribution < 1.29 is 38.5 Å². The van der Waals surface area contributed by atoms with Gasteiger partial charge in [0.05, 0.1) is 14.2 Å². The second-order valence-corrected chi connectivity index (χ2v) is 8.49. The number of aliphatic carboxylic acids is 2. The van der Waals surface area contributed by atoms with Crippen LogP contribution in [-0.4, -0.2) is 78.8 Å². The van der Waals surface area contributed by atoms with Gasteiger partial charge < -0.3 is 24.6 Å². The van der Waals surface area contributed by atoms with Gasteiger partial charge in [0.2, 0.25) is 5.91 Å². The van der Waals surface area contributed by atoms with E-state index >= 15 is 0 Å². The molecule has 1 fully saturated rings. The van der Waals surface area contributed by atoms with E-state index in [9.17, 15) is 9.18 Å². The monoisotopic (exact) mass is 504 g/mol. The quantitative estimate of drug-likeness (QED) is 0.527. The molecule has 2 N–H and O–H groups in total. The summed E-state index contributed by atoms with van der Waals surface area (Å²) < 4.78 is 23.7. The van der Waals surface area contributed by atoms with Crippen LogP contribution in [0, 0.1) is 11.7 Å². The molecule has 0 aromatic heterocycles. The Labute approximate surface area is 210 Å². The summed E-state index contributed by atoms with van der Waals surface area (Å²) >= 11 is 0. The number of halogens is 1. The van der Waals surface area contributed by atoms with Gasteiger partial charge >= 0.3 is 11.9 Å². The van der Waals surface area contributed by atoms with E-state index in [2.05, 4.69) is 4.90 Å². The summed E-state index contributed by atoms with van der Waals surface area (Å²) in [6.07, 6.45) is 2.49. The molecule has 0 bridgehead atoms. The zero-order valence-electron chi connectivity index (χ0n) is 20.8. The fraction of sp³-hybridized carbons (Fsp3) is 0.423. The molecule has 0 saturated carbocycles. The number of rotatable bonds is 8. The molecular formula is C26H33FN2O7. The molecule has 0 spiro atoms. The van der Waals surface area contributed by atoms with Crippen LogP contribution < -0.4 is 9.47 Å². The molecule has 1 saturated heterocycles. The predicted molar refractivity (Wildman–Crippen MR) is 131 cm³/mol. The number of benzene rings is 2. The normalized spacial score (nSPS) is 13.8. The number of nitrogens with zero attached hydrogens (tertiary/aromatic N) is 2. The standard InChI is InChI=1S/C24H31FN2O3.C2H2O4/c1-26(13-10-18-6-9-22(29-2)23(16-18)30-3)24(28)20-11-14-27(15-12-20)17-19-4-7-21(25)8-5-19;3-1(4)2(5)6/h4-9,16,20H,10-15,17H2,1-3H3;(H,3,4)(H,5,6). The van der Waals surface area contributed by atoms with Crippen LogP contribution in [0.25, 0.3) is 0 Å². The van der Waals surface area contributed by atoms with Crippen molar-refractivity contribution in [3.8, 4) is 11.5 Å². The fourth-order valence-corrected chi connectivity index (χ4v) is 3.94. The summed E-state index contributed by atoms with van der Waals surface area (Å²) in [7, 11) is 5.13. The summed E-state index contributed by atoms with van der Waals surface area (Å²) in [5.74, 6) is -2.15. The molecule has 1 aliphatic heterocycles. The first-order chi connectivity index (χ1) is 17.1. The Morgan fingerprint density at radius 2 is 1.50 bits per heavy atom. The van der Waals surface area contributed by atoms with Crippen LogP contribution in [0.1, 0.15) is 24.0 Å². The molecule has 2 aromatic rings. The number of hydrogen-bond donors (Lipinski definition) is 2. The van der Waals surface area contributed by atoms with Gasteiger partial charge in [0.15, 0.2) is 11.5 Å². The predicted octanol–water partition coefficient (Wildman–Crippen LogP) is 2.91. The molecule has 36 heavy (non-hydrogen) atoms. The Kier molecular flexibility index (Phi) is 11.1. The smallest absolute Gasteiger partial charge is 0.414 e. The molecule has 0 radical (unpaired) electrons. The Bertz CT molecular complexity index is 1010. The van der Waals surface area contributed by atoms with Crippen LogP contribution in [0.3, 0.4) is 0 Å². The molecule has 1 aliphatic rings. The zero-order chi connectivity index (χ0) is 26.7. The van der Waals surface area contributed by atoms with Crippen LogP contribution in [-0.2, 0) is 27.3 Å². The maximum Gasteiger partial charge on any atom is 0.414 e. The van der Waals surface area contributed by atoms with Crippen LogP contribution in [0.2, 0.25) is 0 Å². The van der Waals surface area contributed by atoms with Crippen molar-refractivity contribution in [1.29, 1.82) is 0 Å². The molecule has 196 valence electrons. The number of hydrogen-bond acceptors (Lipinski definition) is 6. The number of piperidine rings is 1. The molecular weight excluding hydrogens is 471 g/mol. The summed E-state index contributed by atoms with van der Waals surface area (Å²) in [4.78, 5) is 35.2. The second kappa shape index (κ2) is 14.0. The first-order valence-corrected chi connectivity index (χ1v) is 11.5. The SMILES string of the molecule is COc1ccc(CCN(C)C(=O)C2CCN(Cc3ccc(F)cc3)CC2)cc1OC.O=C(O)C(=O)O. The lowest BCUT2D eigenvalue weighted by atomic mass is 9.95. The minimum absolute atomic E-state index is 0.0740. The number of ether oxygens (including phenoxy) is 2. The summed E-state index contributed by atoms with van der Waals surface area (Å²) in [5, 5.41) is 14.8. The molecule has 0 aliphatic carbocycles. The van der Waals surface area contributed by atoms with Gasteiger partial charge in [-0.15, -0.1) is 0 Å². The van der Waals surface area contributed by atoms with Gasteiger partial charge in [-0.3, -0.25) is 9.69 Å². The summed E-state index contributed by atoms with van der Waals surface area (Å²) in [6, 6.07) is 12.5. The Morgan fingerprint density at radius 1 is 0.944 bits per heavy atom. The molecule has 1 amide bonds. The van der Waals surface area contributed by atoms with Crippen molar-refractivity contribution in [1.82, 2.24) is 9.80 Å². The highest BCUT2D eigenvalue weighted by molar-refractivity contribution is 6.27. The van der Waals surface area contributed by atoms with E-state index in [1.807, 2.05) is 42.3 Å². The van der Waals surface area contributed by atoms with E-state index in [-0.39, 0.29) is 17.6 Å².